The smallest absolute Gasteiger partial charge is 0.339 e. The number of carbonyl (C=O) groups excluding carboxylic acids is 1. The van der Waals surface area contributed by atoms with Gasteiger partial charge in [0.25, 0.3) is 0 Å². The molecule has 3 rings (SSSR count). The van der Waals surface area contributed by atoms with Crippen molar-refractivity contribution in [3.63, 3.8) is 0 Å². The predicted molar refractivity (Wildman–Crippen MR) is 88.5 cm³/mol. The number of benzene rings is 2. The SMILES string of the molecule is Cc1cc(C2=C(c3ccccc3)C(=O)OC2)ccc1S(C)(=O)=O. The fourth-order valence-electron chi connectivity index (χ4n) is 2.78. The molecule has 0 amide bonds. The van der Waals surface area contributed by atoms with E-state index in [0.717, 1.165) is 16.7 Å². The molecular formula is C18H16O4S. The Kier molecular flexibility index (Phi) is 3.82. The van der Waals surface area contributed by atoms with Gasteiger partial charge in [-0.15, -0.1) is 0 Å². The summed E-state index contributed by atoms with van der Waals surface area (Å²) in [4.78, 5) is 12.4. The van der Waals surface area contributed by atoms with Crippen LogP contribution in [0.2, 0.25) is 0 Å². The van der Waals surface area contributed by atoms with E-state index < -0.39 is 9.84 Å². The van der Waals surface area contributed by atoms with Crippen LogP contribution in [0.15, 0.2) is 53.4 Å². The third-order valence-corrected chi connectivity index (χ3v) is 5.10. The summed E-state index contributed by atoms with van der Waals surface area (Å²) in [6.45, 7) is 1.95. The zero-order chi connectivity index (χ0) is 16.6. The maximum absolute atomic E-state index is 12.1. The van der Waals surface area contributed by atoms with Crippen molar-refractivity contribution in [2.75, 3.05) is 12.9 Å². The Labute approximate surface area is 135 Å². The van der Waals surface area contributed by atoms with Crippen molar-refractivity contribution >= 4 is 27.0 Å². The minimum Gasteiger partial charge on any atom is -0.457 e. The van der Waals surface area contributed by atoms with Gasteiger partial charge in [0.1, 0.15) is 6.61 Å². The third-order valence-electron chi connectivity index (χ3n) is 3.84. The summed E-state index contributed by atoms with van der Waals surface area (Å²) in [5.41, 5.74) is 3.58. The normalized spacial score (nSPS) is 15.0. The number of rotatable bonds is 3. The highest BCUT2D eigenvalue weighted by molar-refractivity contribution is 7.90. The van der Waals surface area contributed by atoms with Crippen molar-refractivity contribution in [3.8, 4) is 0 Å². The number of aryl methyl sites for hydroxylation is 1. The zero-order valence-corrected chi connectivity index (χ0v) is 13.7. The van der Waals surface area contributed by atoms with Gasteiger partial charge in [0.05, 0.1) is 10.5 Å². The van der Waals surface area contributed by atoms with Crippen LogP contribution in [0.3, 0.4) is 0 Å². The van der Waals surface area contributed by atoms with Gasteiger partial charge in [0, 0.05) is 11.8 Å². The highest BCUT2D eigenvalue weighted by Crippen LogP contribution is 2.33. The molecule has 0 spiro atoms. The summed E-state index contributed by atoms with van der Waals surface area (Å²) in [6, 6.07) is 14.4. The zero-order valence-electron chi connectivity index (χ0n) is 12.9. The summed E-state index contributed by atoms with van der Waals surface area (Å²) in [7, 11) is -3.26. The highest BCUT2D eigenvalue weighted by atomic mass is 32.2. The Morgan fingerprint density at radius 2 is 1.70 bits per heavy atom. The fourth-order valence-corrected chi connectivity index (χ4v) is 3.74. The number of ether oxygens (including phenoxy) is 1. The lowest BCUT2D eigenvalue weighted by Gasteiger charge is -2.09. The number of sulfone groups is 1. The Hall–Kier alpha value is -2.40. The van der Waals surface area contributed by atoms with E-state index in [1.807, 2.05) is 30.3 Å². The van der Waals surface area contributed by atoms with Gasteiger partial charge >= 0.3 is 5.97 Å². The van der Waals surface area contributed by atoms with Crippen molar-refractivity contribution in [2.24, 2.45) is 0 Å². The minimum absolute atomic E-state index is 0.195. The highest BCUT2D eigenvalue weighted by Gasteiger charge is 2.27. The molecule has 2 aromatic carbocycles. The average molecular weight is 328 g/mol. The predicted octanol–water partition coefficient (Wildman–Crippen LogP) is 2.87. The fraction of sp³-hybridized carbons (Fsp3) is 0.167. The topological polar surface area (TPSA) is 60.4 Å². The third kappa shape index (κ3) is 2.92. The van der Waals surface area contributed by atoms with Crippen LogP contribution < -0.4 is 0 Å². The van der Waals surface area contributed by atoms with E-state index in [9.17, 15) is 13.2 Å². The Bertz CT molecular complexity index is 909. The average Bonchev–Trinajstić information content (AvgIpc) is 2.88. The van der Waals surface area contributed by atoms with E-state index in [0.29, 0.717) is 16.0 Å². The van der Waals surface area contributed by atoms with Gasteiger partial charge < -0.3 is 4.74 Å². The van der Waals surface area contributed by atoms with E-state index in [1.54, 1.807) is 25.1 Å². The molecule has 0 fully saturated rings. The second-order valence-corrected chi connectivity index (χ2v) is 7.53. The van der Waals surface area contributed by atoms with Crippen LogP contribution in [-0.2, 0) is 19.4 Å². The number of hydrogen-bond donors (Lipinski definition) is 0. The molecule has 1 aliphatic heterocycles. The number of cyclic esters (lactones) is 1. The van der Waals surface area contributed by atoms with Gasteiger partial charge in [0.15, 0.2) is 9.84 Å². The first-order valence-electron chi connectivity index (χ1n) is 7.14. The molecule has 1 aliphatic rings. The van der Waals surface area contributed by atoms with Crippen LogP contribution in [0, 0.1) is 6.92 Å². The standard InChI is InChI=1S/C18H16O4S/c1-12-10-14(8-9-16(12)23(2,20)21)15-11-22-18(19)17(15)13-6-4-3-5-7-13/h3-10H,11H2,1-2H3. The van der Waals surface area contributed by atoms with Crippen LogP contribution >= 0.6 is 0 Å². The molecule has 0 bridgehead atoms. The lowest BCUT2D eigenvalue weighted by Crippen LogP contribution is -2.01. The van der Waals surface area contributed by atoms with E-state index in [1.165, 1.54) is 6.26 Å². The molecule has 0 atom stereocenters. The molecule has 2 aromatic rings. The van der Waals surface area contributed by atoms with E-state index in [-0.39, 0.29) is 12.6 Å². The molecule has 0 aliphatic carbocycles. The maximum Gasteiger partial charge on any atom is 0.339 e. The summed E-state index contributed by atoms with van der Waals surface area (Å²) in [6.07, 6.45) is 1.19. The minimum atomic E-state index is -3.26. The first-order chi connectivity index (χ1) is 10.9. The molecule has 0 saturated heterocycles. The molecule has 1 heterocycles. The Balaban J connectivity index is 2.15. The monoisotopic (exact) mass is 328 g/mol. The Morgan fingerprint density at radius 3 is 2.30 bits per heavy atom. The van der Waals surface area contributed by atoms with Gasteiger partial charge in [-0.1, -0.05) is 42.5 Å². The van der Waals surface area contributed by atoms with Crippen molar-refractivity contribution in [3.05, 3.63) is 65.2 Å². The number of esters is 1. The van der Waals surface area contributed by atoms with Gasteiger partial charge in [-0.05, 0) is 29.7 Å². The maximum atomic E-state index is 12.1. The summed E-state index contributed by atoms with van der Waals surface area (Å²) in [5.74, 6) is -0.351. The molecule has 0 radical (unpaired) electrons. The quantitative estimate of drug-likeness (QED) is 0.813. The molecule has 4 nitrogen and oxygen atoms in total. The number of hydrogen-bond acceptors (Lipinski definition) is 4. The first-order valence-corrected chi connectivity index (χ1v) is 9.04. The molecule has 0 aromatic heterocycles. The second kappa shape index (κ2) is 5.66. The van der Waals surface area contributed by atoms with Crippen LogP contribution in [0.4, 0.5) is 0 Å². The summed E-state index contributed by atoms with van der Waals surface area (Å²) < 4.78 is 28.7. The lowest BCUT2D eigenvalue weighted by molar-refractivity contribution is -0.133. The summed E-state index contributed by atoms with van der Waals surface area (Å²) in [5, 5.41) is 0. The molecule has 0 unspecified atom stereocenters. The molecule has 23 heavy (non-hydrogen) atoms. The number of carbonyl (C=O) groups is 1. The van der Waals surface area contributed by atoms with E-state index in [2.05, 4.69) is 0 Å². The largest absolute Gasteiger partial charge is 0.457 e. The molecule has 118 valence electrons. The molecule has 5 heteroatoms. The van der Waals surface area contributed by atoms with Crippen LogP contribution in [0.25, 0.3) is 11.1 Å². The van der Waals surface area contributed by atoms with Gasteiger partial charge in [-0.25, -0.2) is 13.2 Å². The van der Waals surface area contributed by atoms with Crippen molar-refractivity contribution in [2.45, 2.75) is 11.8 Å². The van der Waals surface area contributed by atoms with Gasteiger partial charge in [0.2, 0.25) is 0 Å². The van der Waals surface area contributed by atoms with Crippen LogP contribution in [-0.4, -0.2) is 27.2 Å². The van der Waals surface area contributed by atoms with Crippen LogP contribution in [0.1, 0.15) is 16.7 Å². The van der Waals surface area contributed by atoms with Gasteiger partial charge in [-0.2, -0.15) is 0 Å². The molecule has 0 N–H and O–H groups in total. The lowest BCUT2D eigenvalue weighted by atomic mass is 9.96. The van der Waals surface area contributed by atoms with Crippen molar-refractivity contribution in [1.29, 1.82) is 0 Å². The van der Waals surface area contributed by atoms with Crippen LogP contribution in [0.5, 0.6) is 0 Å². The van der Waals surface area contributed by atoms with Crippen molar-refractivity contribution < 1.29 is 17.9 Å². The second-order valence-electron chi connectivity index (χ2n) is 5.55. The molecule has 0 saturated carbocycles. The summed E-state index contributed by atoms with van der Waals surface area (Å²) >= 11 is 0. The van der Waals surface area contributed by atoms with E-state index in [4.69, 9.17) is 4.74 Å². The molecular weight excluding hydrogens is 312 g/mol. The van der Waals surface area contributed by atoms with Gasteiger partial charge in [-0.3, -0.25) is 0 Å². The Morgan fingerprint density at radius 1 is 1.00 bits per heavy atom. The first kappa shape index (κ1) is 15.5. The van der Waals surface area contributed by atoms with E-state index >= 15 is 0 Å². The van der Waals surface area contributed by atoms with Crippen molar-refractivity contribution in [1.82, 2.24) is 0 Å².